The van der Waals surface area contributed by atoms with Crippen molar-refractivity contribution in [1.82, 2.24) is 0 Å². The fraction of sp³-hybridized carbons (Fsp3) is 0.538. The molecule has 3 aliphatic carbocycles. The second-order valence-corrected chi connectivity index (χ2v) is 11.3. The summed E-state index contributed by atoms with van der Waals surface area (Å²) in [4.78, 5) is 0. The van der Waals surface area contributed by atoms with Crippen LogP contribution in [0.15, 0.2) is 36.5 Å². The van der Waals surface area contributed by atoms with E-state index in [1.807, 2.05) is 0 Å². The van der Waals surface area contributed by atoms with Gasteiger partial charge in [-0.25, -0.2) is 0 Å². The first kappa shape index (κ1) is 8.72. The highest BCUT2D eigenvalue weighted by molar-refractivity contribution is 6.80. The molecule has 14 heavy (non-hydrogen) atoms. The molecule has 0 fully saturated rings. The molecule has 74 valence electrons. The van der Waals surface area contributed by atoms with E-state index in [0.717, 1.165) is 17.8 Å². The summed E-state index contributed by atoms with van der Waals surface area (Å²) >= 11 is 0. The number of hydrogen-bond acceptors (Lipinski definition) is 0. The molecule has 0 spiro atoms. The second kappa shape index (κ2) is 2.33. The van der Waals surface area contributed by atoms with Crippen molar-refractivity contribution in [2.75, 3.05) is 0 Å². The first-order valence-electron chi connectivity index (χ1n) is 5.62. The van der Waals surface area contributed by atoms with E-state index in [1.165, 1.54) is 0 Å². The standard InChI is InChI=1S/C13H18Si/c1-14(2,3)13-8-6-10-4-5-11(7-9-13)12(10)13/h4-12H,1-3H3. The van der Waals surface area contributed by atoms with E-state index in [9.17, 15) is 0 Å². The first-order chi connectivity index (χ1) is 6.55. The Morgan fingerprint density at radius 2 is 1.36 bits per heavy atom. The van der Waals surface area contributed by atoms with Crippen LogP contribution in [0, 0.1) is 17.8 Å². The molecule has 0 saturated heterocycles. The van der Waals surface area contributed by atoms with Crippen molar-refractivity contribution in [3.63, 3.8) is 0 Å². The van der Waals surface area contributed by atoms with Crippen molar-refractivity contribution in [3.05, 3.63) is 36.5 Å². The van der Waals surface area contributed by atoms with Gasteiger partial charge in [-0.15, -0.1) is 0 Å². The molecular weight excluding hydrogens is 184 g/mol. The Balaban J connectivity index is 2.13. The molecule has 1 heteroatoms. The van der Waals surface area contributed by atoms with Crippen LogP contribution in [0.2, 0.25) is 24.7 Å². The Morgan fingerprint density at radius 3 is 1.79 bits per heavy atom. The lowest BCUT2D eigenvalue weighted by Crippen LogP contribution is -2.40. The van der Waals surface area contributed by atoms with Crippen molar-refractivity contribution in [3.8, 4) is 0 Å². The van der Waals surface area contributed by atoms with Crippen LogP contribution in [-0.2, 0) is 0 Å². The predicted octanol–water partition coefficient (Wildman–Crippen LogP) is 3.62. The van der Waals surface area contributed by atoms with Gasteiger partial charge in [-0.05, 0) is 17.8 Å². The molecule has 0 aromatic carbocycles. The Bertz CT molecular complexity index is 330. The largest absolute Gasteiger partial charge is 0.0807 e. The van der Waals surface area contributed by atoms with E-state index in [2.05, 4.69) is 56.1 Å². The van der Waals surface area contributed by atoms with E-state index in [1.54, 1.807) is 0 Å². The smallest absolute Gasteiger partial charge is 0.0601 e. The van der Waals surface area contributed by atoms with Gasteiger partial charge in [0, 0.05) is 5.04 Å². The Hall–Kier alpha value is -0.563. The van der Waals surface area contributed by atoms with Crippen molar-refractivity contribution in [1.29, 1.82) is 0 Å². The van der Waals surface area contributed by atoms with Gasteiger partial charge >= 0.3 is 0 Å². The lowest BCUT2D eigenvalue weighted by Gasteiger charge is -2.40. The summed E-state index contributed by atoms with van der Waals surface area (Å²) in [5.41, 5.74) is 0. The molecule has 0 aliphatic heterocycles. The van der Waals surface area contributed by atoms with Crippen molar-refractivity contribution < 1.29 is 0 Å². The van der Waals surface area contributed by atoms with Crippen molar-refractivity contribution in [2.45, 2.75) is 24.7 Å². The Labute approximate surface area is 87.4 Å². The molecule has 2 atom stereocenters. The zero-order valence-electron chi connectivity index (χ0n) is 9.20. The highest BCUT2D eigenvalue weighted by Gasteiger charge is 2.56. The van der Waals surface area contributed by atoms with Gasteiger partial charge in [-0.3, -0.25) is 0 Å². The summed E-state index contributed by atoms with van der Waals surface area (Å²) in [6.07, 6.45) is 14.8. The van der Waals surface area contributed by atoms with Crippen LogP contribution in [-0.4, -0.2) is 8.07 Å². The van der Waals surface area contributed by atoms with Crippen LogP contribution in [0.4, 0.5) is 0 Å². The normalized spacial score (nSPS) is 47.8. The summed E-state index contributed by atoms with van der Waals surface area (Å²) in [5, 5.41) is 0.464. The molecule has 0 N–H and O–H groups in total. The van der Waals surface area contributed by atoms with Gasteiger partial charge < -0.3 is 0 Å². The fourth-order valence-electron chi connectivity index (χ4n) is 3.58. The van der Waals surface area contributed by atoms with Crippen LogP contribution < -0.4 is 0 Å². The highest BCUT2D eigenvalue weighted by atomic mass is 28.3. The lowest BCUT2D eigenvalue weighted by molar-refractivity contribution is 0.421. The molecule has 0 nitrogen and oxygen atoms in total. The molecule has 0 bridgehead atoms. The average molecular weight is 202 g/mol. The van der Waals surface area contributed by atoms with Crippen molar-refractivity contribution in [2.24, 2.45) is 17.8 Å². The van der Waals surface area contributed by atoms with E-state index in [4.69, 9.17) is 0 Å². The molecule has 0 radical (unpaired) electrons. The van der Waals surface area contributed by atoms with E-state index in [-0.39, 0.29) is 0 Å². The quantitative estimate of drug-likeness (QED) is 0.450. The van der Waals surface area contributed by atoms with Gasteiger partial charge in [0.2, 0.25) is 0 Å². The minimum atomic E-state index is -1.13. The lowest BCUT2D eigenvalue weighted by atomic mass is 9.88. The predicted molar refractivity (Wildman–Crippen MR) is 63.9 cm³/mol. The number of allylic oxidation sites excluding steroid dienone is 6. The maximum Gasteiger partial charge on any atom is 0.0601 e. The van der Waals surface area contributed by atoms with E-state index < -0.39 is 8.07 Å². The summed E-state index contributed by atoms with van der Waals surface area (Å²) in [6.45, 7) is 7.51. The molecule has 3 aliphatic rings. The van der Waals surface area contributed by atoms with E-state index >= 15 is 0 Å². The summed E-state index contributed by atoms with van der Waals surface area (Å²) in [6, 6.07) is 0. The van der Waals surface area contributed by atoms with E-state index in [0.29, 0.717) is 5.04 Å². The minimum absolute atomic E-state index is 0.464. The fourth-order valence-corrected chi connectivity index (χ4v) is 6.15. The average Bonchev–Trinajstić information content (AvgIpc) is 2.71. The number of rotatable bonds is 1. The van der Waals surface area contributed by atoms with Crippen LogP contribution in [0.5, 0.6) is 0 Å². The molecule has 2 unspecified atom stereocenters. The topological polar surface area (TPSA) is 0 Å². The summed E-state index contributed by atoms with van der Waals surface area (Å²) in [7, 11) is -1.13. The molecule has 0 aromatic heterocycles. The van der Waals surface area contributed by atoms with Gasteiger partial charge in [0.1, 0.15) is 0 Å². The maximum atomic E-state index is 2.52. The van der Waals surface area contributed by atoms with Crippen LogP contribution in [0.25, 0.3) is 0 Å². The minimum Gasteiger partial charge on any atom is -0.0807 e. The molecule has 0 amide bonds. The van der Waals surface area contributed by atoms with Gasteiger partial charge in [0.15, 0.2) is 0 Å². The zero-order valence-corrected chi connectivity index (χ0v) is 10.2. The molecule has 0 heterocycles. The van der Waals surface area contributed by atoms with Gasteiger partial charge in [-0.1, -0.05) is 56.1 Å². The summed E-state index contributed by atoms with van der Waals surface area (Å²) in [5.74, 6) is 2.33. The Kier molecular flexibility index (Phi) is 1.45. The monoisotopic (exact) mass is 202 g/mol. The molecule has 0 aromatic rings. The molecular formula is C13H18Si. The van der Waals surface area contributed by atoms with Crippen LogP contribution in [0.1, 0.15) is 0 Å². The zero-order chi connectivity index (χ0) is 9.97. The van der Waals surface area contributed by atoms with Crippen LogP contribution >= 0.6 is 0 Å². The second-order valence-electron chi connectivity index (χ2n) is 5.97. The van der Waals surface area contributed by atoms with Crippen molar-refractivity contribution >= 4 is 8.07 Å². The molecule has 0 saturated carbocycles. The summed E-state index contributed by atoms with van der Waals surface area (Å²) < 4.78 is 0. The maximum absolute atomic E-state index is 2.52. The third-order valence-corrected chi connectivity index (χ3v) is 7.69. The number of hydrogen-bond donors (Lipinski definition) is 0. The Morgan fingerprint density at radius 1 is 0.857 bits per heavy atom. The third-order valence-electron chi connectivity index (χ3n) is 4.42. The first-order valence-corrected chi connectivity index (χ1v) is 9.12. The van der Waals surface area contributed by atoms with Gasteiger partial charge in [0.25, 0.3) is 0 Å². The highest BCUT2D eigenvalue weighted by Crippen LogP contribution is 2.64. The third kappa shape index (κ3) is 0.801. The van der Waals surface area contributed by atoms with Gasteiger partial charge in [-0.2, -0.15) is 0 Å². The van der Waals surface area contributed by atoms with Crippen LogP contribution in [0.3, 0.4) is 0 Å². The molecule has 3 rings (SSSR count). The van der Waals surface area contributed by atoms with Gasteiger partial charge in [0.05, 0.1) is 8.07 Å². The SMILES string of the molecule is C[Si](C)(C)C12C=CC3C=CC(C=C1)C32.